The average molecular weight is 295 g/mol. The molecule has 1 atom stereocenters. The van der Waals surface area contributed by atoms with Crippen molar-refractivity contribution in [2.75, 3.05) is 6.61 Å². The standard InChI is InChI=1S/C15H16ClFN2O/c1-10-7-11(5-6-14(10)17)15(19-18)9-20-13-4-2-3-12(16)8-13/h2-8,15,19H,9,18H2,1H3. The van der Waals surface area contributed by atoms with Gasteiger partial charge in [-0.15, -0.1) is 0 Å². The van der Waals surface area contributed by atoms with Crippen LogP contribution in [0.1, 0.15) is 17.2 Å². The van der Waals surface area contributed by atoms with E-state index >= 15 is 0 Å². The van der Waals surface area contributed by atoms with Gasteiger partial charge in [0.2, 0.25) is 0 Å². The molecule has 0 saturated heterocycles. The highest BCUT2D eigenvalue weighted by Crippen LogP contribution is 2.20. The molecule has 0 heterocycles. The van der Waals surface area contributed by atoms with Crippen LogP contribution >= 0.6 is 11.6 Å². The van der Waals surface area contributed by atoms with Gasteiger partial charge in [0.15, 0.2) is 0 Å². The van der Waals surface area contributed by atoms with E-state index in [9.17, 15) is 4.39 Å². The van der Waals surface area contributed by atoms with E-state index < -0.39 is 0 Å². The summed E-state index contributed by atoms with van der Waals surface area (Å²) in [5, 5.41) is 0.609. The Balaban J connectivity index is 2.07. The number of aryl methyl sites for hydroxylation is 1. The van der Waals surface area contributed by atoms with Crippen LogP contribution in [-0.4, -0.2) is 6.61 Å². The summed E-state index contributed by atoms with van der Waals surface area (Å²) in [6.45, 7) is 2.03. The Morgan fingerprint density at radius 3 is 2.75 bits per heavy atom. The average Bonchev–Trinajstić information content (AvgIpc) is 2.43. The van der Waals surface area contributed by atoms with E-state index in [2.05, 4.69) is 5.43 Å². The molecule has 106 valence electrons. The number of halogens is 2. The lowest BCUT2D eigenvalue weighted by Gasteiger charge is -2.18. The van der Waals surface area contributed by atoms with Crippen molar-refractivity contribution in [3.63, 3.8) is 0 Å². The second kappa shape index (κ2) is 6.70. The fraction of sp³-hybridized carbons (Fsp3) is 0.200. The molecule has 0 amide bonds. The minimum absolute atomic E-state index is 0.228. The number of hydrogen-bond donors (Lipinski definition) is 2. The molecule has 2 aromatic rings. The summed E-state index contributed by atoms with van der Waals surface area (Å²) in [6, 6.07) is 11.8. The van der Waals surface area contributed by atoms with Gasteiger partial charge in [-0.3, -0.25) is 5.84 Å². The molecule has 0 aliphatic rings. The zero-order valence-electron chi connectivity index (χ0n) is 11.1. The van der Waals surface area contributed by atoms with Crippen LogP contribution in [0.25, 0.3) is 0 Å². The van der Waals surface area contributed by atoms with E-state index in [0.29, 0.717) is 22.9 Å². The van der Waals surface area contributed by atoms with Crippen molar-refractivity contribution in [3.8, 4) is 5.75 Å². The number of benzene rings is 2. The van der Waals surface area contributed by atoms with Crippen LogP contribution < -0.4 is 16.0 Å². The topological polar surface area (TPSA) is 47.3 Å². The van der Waals surface area contributed by atoms with Gasteiger partial charge in [0.1, 0.15) is 18.2 Å². The van der Waals surface area contributed by atoms with Gasteiger partial charge in [-0.2, -0.15) is 0 Å². The molecule has 0 bridgehead atoms. The first-order valence-corrected chi connectivity index (χ1v) is 6.58. The van der Waals surface area contributed by atoms with E-state index in [1.54, 1.807) is 31.2 Å². The maximum Gasteiger partial charge on any atom is 0.126 e. The van der Waals surface area contributed by atoms with Crippen molar-refractivity contribution in [2.24, 2.45) is 5.84 Å². The summed E-state index contributed by atoms with van der Waals surface area (Å²) >= 11 is 5.89. The fourth-order valence-electron chi connectivity index (χ4n) is 1.86. The van der Waals surface area contributed by atoms with Gasteiger partial charge in [0.25, 0.3) is 0 Å². The number of rotatable bonds is 5. The summed E-state index contributed by atoms with van der Waals surface area (Å²) in [4.78, 5) is 0. The minimum atomic E-state index is -0.236. The molecule has 0 radical (unpaired) electrons. The van der Waals surface area contributed by atoms with Crippen LogP contribution in [0.4, 0.5) is 4.39 Å². The van der Waals surface area contributed by atoms with E-state index in [4.69, 9.17) is 22.2 Å². The fourth-order valence-corrected chi connectivity index (χ4v) is 2.04. The monoisotopic (exact) mass is 294 g/mol. The lowest BCUT2D eigenvalue weighted by molar-refractivity contribution is 0.267. The second-order valence-electron chi connectivity index (χ2n) is 4.50. The van der Waals surface area contributed by atoms with Crippen LogP contribution in [-0.2, 0) is 0 Å². The van der Waals surface area contributed by atoms with Crippen molar-refractivity contribution in [1.82, 2.24) is 5.43 Å². The Morgan fingerprint density at radius 1 is 1.30 bits per heavy atom. The molecule has 20 heavy (non-hydrogen) atoms. The molecule has 0 fully saturated rings. The van der Waals surface area contributed by atoms with Gasteiger partial charge in [0.05, 0.1) is 6.04 Å². The van der Waals surface area contributed by atoms with Crippen LogP contribution in [0.2, 0.25) is 5.02 Å². The van der Waals surface area contributed by atoms with Crippen LogP contribution in [0.5, 0.6) is 5.75 Å². The van der Waals surface area contributed by atoms with Gasteiger partial charge < -0.3 is 4.74 Å². The number of ether oxygens (including phenoxy) is 1. The lowest BCUT2D eigenvalue weighted by atomic mass is 10.1. The Bertz CT molecular complexity index is 592. The van der Waals surface area contributed by atoms with Gasteiger partial charge in [-0.25, -0.2) is 9.82 Å². The van der Waals surface area contributed by atoms with Crippen molar-refractivity contribution >= 4 is 11.6 Å². The largest absolute Gasteiger partial charge is 0.492 e. The Kier molecular flexibility index (Phi) is 4.95. The van der Waals surface area contributed by atoms with Crippen LogP contribution in [0.15, 0.2) is 42.5 Å². The first kappa shape index (κ1) is 14.8. The van der Waals surface area contributed by atoms with Crippen LogP contribution in [0, 0.1) is 12.7 Å². The van der Waals surface area contributed by atoms with E-state index in [0.717, 1.165) is 5.56 Å². The minimum Gasteiger partial charge on any atom is -0.492 e. The van der Waals surface area contributed by atoms with Crippen molar-refractivity contribution < 1.29 is 9.13 Å². The smallest absolute Gasteiger partial charge is 0.126 e. The molecule has 0 spiro atoms. The number of hydrogen-bond acceptors (Lipinski definition) is 3. The summed E-state index contributed by atoms with van der Waals surface area (Å²) in [5.74, 6) is 5.96. The summed E-state index contributed by atoms with van der Waals surface area (Å²) in [6.07, 6.45) is 0. The van der Waals surface area contributed by atoms with Gasteiger partial charge >= 0.3 is 0 Å². The maximum absolute atomic E-state index is 13.3. The molecule has 2 rings (SSSR count). The third-order valence-corrected chi connectivity index (χ3v) is 3.23. The highest BCUT2D eigenvalue weighted by Gasteiger charge is 2.12. The van der Waals surface area contributed by atoms with Gasteiger partial charge in [-0.05, 0) is 42.3 Å². The molecule has 3 nitrogen and oxygen atoms in total. The van der Waals surface area contributed by atoms with Crippen molar-refractivity contribution in [3.05, 3.63) is 64.4 Å². The Morgan fingerprint density at radius 2 is 2.10 bits per heavy atom. The third kappa shape index (κ3) is 3.70. The van der Waals surface area contributed by atoms with Gasteiger partial charge in [0, 0.05) is 5.02 Å². The number of nitrogens with two attached hydrogens (primary N) is 1. The highest BCUT2D eigenvalue weighted by atomic mass is 35.5. The predicted octanol–water partition coefficient (Wildman–Crippen LogP) is 3.37. The normalized spacial score (nSPS) is 12.2. The number of nitrogens with one attached hydrogen (secondary N) is 1. The third-order valence-electron chi connectivity index (χ3n) is 3.00. The molecule has 5 heteroatoms. The molecule has 0 aromatic heterocycles. The number of hydrazine groups is 1. The molecule has 1 unspecified atom stereocenters. The zero-order valence-corrected chi connectivity index (χ0v) is 11.8. The Hall–Kier alpha value is -1.62. The van der Waals surface area contributed by atoms with Crippen LogP contribution in [0.3, 0.4) is 0 Å². The van der Waals surface area contributed by atoms with E-state index in [-0.39, 0.29) is 11.9 Å². The maximum atomic E-state index is 13.3. The molecular weight excluding hydrogens is 279 g/mol. The molecule has 3 N–H and O–H groups in total. The lowest BCUT2D eigenvalue weighted by Crippen LogP contribution is -2.32. The molecular formula is C15H16ClFN2O. The SMILES string of the molecule is Cc1cc(C(COc2cccc(Cl)c2)NN)ccc1F. The van der Waals surface area contributed by atoms with Gasteiger partial charge in [-0.1, -0.05) is 29.8 Å². The van der Waals surface area contributed by atoms with Crippen molar-refractivity contribution in [2.45, 2.75) is 13.0 Å². The van der Waals surface area contributed by atoms with E-state index in [1.165, 1.54) is 6.07 Å². The molecule has 0 aliphatic heterocycles. The molecule has 0 saturated carbocycles. The van der Waals surface area contributed by atoms with Crippen molar-refractivity contribution in [1.29, 1.82) is 0 Å². The first-order chi connectivity index (χ1) is 9.60. The molecule has 2 aromatic carbocycles. The zero-order chi connectivity index (χ0) is 14.5. The highest BCUT2D eigenvalue weighted by molar-refractivity contribution is 6.30. The summed E-state index contributed by atoms with van der Waals surface area (Å²) < 4.78 is 18.9. The Labute approximate surface area is 122 Å². The predicted molar refractivity (Wildman–Crippen MR) is 78.1 cm³/mol. The first-order valence-electron chi connectivity index (χ1n) is 6.20. The summed E-state index contributed by atoms with van der Waals surface area (Å²) in [5.41, 5.74) is 4.11. The second-order valence-corrected chi connectivity index (χ2v) is 4.93. The molecule has 0 aliphatic carbocycles. The summed E-state index contributed by atoms with van der Waals surface area (Å²) in [7, 11) is 0. The van der Waals surface area contributed by atoms with E-state index in [1.807, 2.05) is 12.1 Å². The quantitative estimate of drug-likeness (QED) is 0.656.